The molecule has 0 bridgehead atoms. The summed E-state index contributed by atoms with van der Waals surface area (Å²) in [5, 5.41) is 9.10. The molecule has 1 aromatic carbocycles. The van der Waals surface area contributed by atoms with Crippen LogP contribution in [0.2, 0.25) is 0 Å². The summed E-state index contributed by atoms with van der Waals surface area (Å²) in [6.07, 6.45) is 2.77. The van der Waals surface area contributed by atoms with E-state index in [9.17, 15) is 4.79 Å². The molecule has 106 valence electrons. The largest absolute Gasteiger partial charge is 0.481 e. The van der Waals surface area contributed by atoms with E-state index in [4.69, 9.17) is 5.11 Å². The third kappa shape index (κ3) is 6.42. The van der Waals surface area contributed by atoms with Crippen molar-refractivity contribution >= 4 is 5.97 Å². The average Bonchev–Trinajstić information content (AvgIpc) is 2.27. The molecule has 0 heterocycles. The minimum absolute atomic E-state index is 0.234. The molecule has 1 rings (SSSR count). The van der Waals surface area contributed by atoms with Gasteiger partial charge in [0.2, 0.25) is 0 Å². The Morgan fingerprint density at radius 2 is 1.79 bits per heavy atom. The normalized spacial score (nSPS) is 14.9. The second-order valence-electron chi connectivity index (χ2n) is 6.80. The van der Waals surface area contributed by atoms with Gasteiger partial charge in [0.25, 0.3) is 0 Å². The Hall–Kier alpha value is -1.31. The van der Waals surface area contributed by atoms with Gasteiger partial charge in [-0.25, -0.2) is 0 Å². The summed E-state index contributed by atoms with van der Waals surface area (Å²) < 4.78 is 0. The molecule has 0 spiro atoms. The SMILES string of the molecule is C[C@@H](C[C@H](Cc1ccccc1)CC(C)(C)C)C(=O)O. The molecule has 0 aliphatic heterocycles. The highest BCUT2D eigenvalue weighted by Gasteiger charge is 2.23. The fourth-order valence-electron chi connectivity index (χ4n) is 2.65. The first kappa shape index (κ1) is 15.7. The highest BCUT2D eigenvalue weighted by molar-refractivity contribution is 5.69. The van der Waals surface area contributed by atoms with Crippen molar-refractivity contribution in [1.82, 2.24) is 0 Å². The molecule has 0 saturated heterocycles. The van der Waals surface area contributed by atoms with Gasteiger partial charge in [0.15, 0.2) is 0 Å². The van der Waals surface area contributed by atoms with Crippen LogP contribution in [0.4, 0.5) is 0 Å². The van der Waals surface area contributed by atoms with Gasteiger partial charge in [0.1, 0.15) is 0 Å². The molecule has 2 heteroatoms. The molecule has 0 fully saturated rings. The molecule has 0 aromatic heterocycles. The number of benzene rings is 1. The minimum atomic E-state index is -0.688. The molecule has 2 nitrogen and oxygen atoms in total. The Labute approximate surface area is 116 Å². The molecule has 0 amide bonds. The number of hydrogen-bond donors (Lipinski definition) is 1. The van der Waals surface area contributed by atoms with Crippen molar-refractivity contribution < 1.29 is 9.90 Å². The summed E-state index contributed by atoms with van der Waals surface area (Å²) in [5.74, 6) is -0.531. The first-order valence-corrected chi connectivity index (χ1v) is 7.04. The van der Waals surface area contributed by atoms with Gasteiger partial charge in [-0.15, -0.1) is 0 Å². The van der Waals surface area contributed by atoms with E-state index in [2.05, 4.69) is 32.9 Å². The Morgan fingerprint density at radius 3 is 2.26 bits per heavy atom. The standard InChI is InChI=1S/C17H26O2/c1-13(16(18)19)10-15(12-17(2,3)4)11-14-8-6-5-7-9-14/h5-9,13,15H,10-12H2,1-4H3,(H,18,19)/t13-,15+/m0/s1. The number of carboxylic acid groups (broad SMARTS) is 1. The Kier molecular flexibility index (Phi) is 5.59. The van der Waals surface area contributed by atoms with Gasteiger partial charge in [-0.05, 0) is 36.2 Å². The summed E-state index contributed by atoms with van der Waals surface area (Å²) in [5.41, 5.74) is 1.53. The summed E-state index contributed by atoms with van der Waals surface area (Å²) >= 11 is 0. The third-order valence-corrected chi connectivity index (χ3v) is 3.38. The minimum Gasteiger partial charge on any atom is -0.481 e. The van der Waals surface area contributed by atoms with Gasteiger partial charge in [0.05, 0.1) is 5.92 Å². The van der Waals surface area contributed by atoms with Gasteiger partial charge < -0.3 is 5.11 Å². The van der Waals surface area contributed by atoms with Crippen LogP contribution in [0.15, 0.2) is 30.3 Å². The van der Waals surface area contributed by atoms with Crippen LogP contribution in [-0.2, 0) is 11.2 Å². The lowest BCUT2D eigenvalue weighted by atomic mass is 9.78. The monoisotopic (exact) mass is 262 g/mol. The van der Waals surface area contributed by atoms with Gasteiger partial charge >= 0.3 is 5.97 Å². The molecule has 0 saturated carbocycles. The second-order valence-corrected chi connectivity index (χ2v) is 6.80. The maximum Gasteiger partial charge on any atom is 0.306 e. The zero-order chi connectivity index (χ0) is 14.5. The number of aliphatic carboxylic acids is 1. The lowest BCUT2D eigenvalue weighted by Gasteiger charge is -2.27. The lowest BCUT2D eigenvalue weighted by Crippen LogP contribution is -2.21. The van der Waals surface area contributed by atoms with Gasteiger partial charge in [-0.2, -0.15) is 0 Å². The van der Waals surface area contributed by atoms with Crippen molar-refractivity contribution in [3.8, 4) is 0 Å². The molecule has 0 aliphatic rings. The Morgan fingerprint density at radius 1 is 1.21 bits per heavy atom. The predicted molar refractivity (Wildman–Crippen MR) is 79.1 cm³/mol. The Balaban J connectivity index is 2.72. The zero-order valence-electron chi connectivity index (χ0n) is 12.5. The molecule has 1 N–H and O–H groups in total. The predicted octanol–water partition coefficient (Wildman–Crippen LogP) is 4.39. The van der Waals surface area contributed by atoms with Crippen LogP contribution >= 0.6 is 0 Å². The maximum absolute atomic E-state index is 11.1. The number of rotatable bonds is 6. The second kappa shape index (κ2) is 6.74. The van der Waals surface area contributed by atoms with Crippen molar-refractivity contribution in [2.45, 2.75) is 47.0 Å². The molecule has 19 heavy (non-hydrogen) atoms. The molecule has 0 radical (unpaired) electrons. The fourth-order valence-corrected chi connectivity index (χ4v) is 2.65. The number of carboxylic acids is 1. The van der Waals surface area contributed by atoms with Crippen LogP contribution < -0.4 is 0 Å². The molecule has 0 unspecified atom stereocenters. The van der Waals surface area contributed by atoms with E-state index in [0.29, 0.717) is 5.92 Å². The lowest BCUT2D eigenvalue weighted by molar-refractivity contribution is -0.141. The van der Waals surface area contributed by atoms with Crippen LogP contribution in [0.5, 0.6) is 0 Å². The van der Waals surface area contributed by atoms with E-state index in [1.54, 1.807) is 0 Å². The third-order valence-electron chi connectivity index (χ3n) is 3.38. The summed E-state index contributed by atoms with van der Waals surface area (Å²) in [4.78, 5) is 11.1. The van der Waals surface area contributed by atoms with Crippen LogP contribution in [0.1, 0.15) is 46.1 Å². The van der Waals surface area contributed by atoms with E-state index in [1.807, 2.05) is 25.1 Å². The van der Waals surface area contributed by atoms with E-state index in [1.165, 1.54) is 5.56 Å². The van der Waals surface area contributed by atoms with E-state index < -0.39 is 5.97 Å². The number of hydrogen-bond acceptors (Lipinski definition) is 1. The van der Waals surface area contributed by atoms with Crippen molar-refractivity contribution in [1.29, 1.82) is 0 Å². The van der Waals surface area contributed by atoms with Crippen LogP contribution in [0.3, 0.4) is 0 Å². The summed E-state index contributed by atoms with van der Waals surface area (Å²) in [7, 11) is 0. The first-order chi connectivity index (χ1) is 8.78. The van der Waals surface area contributed by atoms with E-state index in [0.717, 1.165) is 19.3 Å². The molecule has 1 aromatic rings. The molecule has 0 aliphatic carbocycles. The smallest absolute Gasteiger partial charge is 0.306 e. The van der Waals surface area contributed by atoms with Crippen molar-refractivity contribution in [3.63, 3.8) is 0 Å². The van der Waals surface area contributed by atoms with Crippen molar-refractivity contribution in [2.24, 2.45) is 17.3 Å². The van der Waals surface area contributed by atoms with Crippen LogP contribution in [0, 0.1) is 17.3 Å². The highest BCUT2D eigenvalue weighted by atomic mass is 16.4. The van der Waals surface area contributed by atoms with Crippen LogP contribution in [0.25, 0.3) is 0 Å². The average molecular weight is 262 g/mol. The van der Waals surface area contributed by atoms with Crippen molar-refractivity contribution in [2.75, 3.05) is 0 Å². The summed E-state index contributed by atoms with van der Waals surface area (Å²) in [6.45, 7) is 8.46. The number of carbonyl (C=O) groups is 1. The zero-order valence-corrected chi connectivity index (χ0v) is 12.5. The van der Waals surface area contributed by atoms with Gasteiger partial charge in [0, 0.05) is 0 Å². The van der Waals surface area contributed by atoms with Crippen LogP contribution in [-0.4, -0.2) is 11.1 Å². The van der Waals surface area contributed by atoms with Crippen molar-refractivity contribution in [3.05, 3.63) is 35.9 Å². The summed E-state index contributed by atoms with van der Waals surface area (Å²) in [6, 6.07) is 10.4. The van der Waals surface area contributed by atoms with Gasteiger partial charge in [-0.3, -0.25) is 4.79 Å². The van der Waals surface area contributed by atoms with E-state index >= 15 is 0 Å². The maximum atomic E-state index is 11.1. The fraction of sp³-hybridized carbons (Fsp3) is 0.588. The van der Waals surface area contributed by atoms with Gasteiger partial charge in [-0.1, -0.05) is 58.0 Å². The Bertz CT molecular complexity index is 389. The molecular formula is C17H26O2. The molecule has 2 atom stereocenters. The van der Waals surface area contributed by atoms with E-state index in [-0.39, 0.29) is 11.3 Å². The quantitative estimate of drug-likeness (QED) is 0.825. The molecular weight excluding hydrogens is 236 g/mol. The topological polar surface area (TPSA) is 37.3 Å². The first-order valence-electron chi connectivity index (χ1n) is 7.04. The highest BCUT2D eigenvalue weighted by Crippen LogP contribution is 2.30.